The van der Waals surface area contributed by atoms with Crippen LogP contribution in [-0.2, 0) is 32.3 Å². The standard InChI is InChI=1S/C39H41FN2O5/c1-25(43)42-34(38(46)47-24-27-10-6-3-7-11-27)18-36(44)32-17-31(40)12-13-33(32)41(23-26-8-4-2-5-9-26)37(45)35(42)22-39-19-28-14-29(20-39)16-30(15-28)21-39/h2-13,17,28-30,34-35H,14-16,18-24H2,1H3/t28?,29?,30?,34-,35+,39?/m0/s1. The van der Waals surface area contributed by atoms with Crippen molar-refractivity contribution in [3.05, 3.63) is 101 Å². The molecular weight excluding hydrogens is 595 g/mol. The number of ether oxygens (including phenoxy) is 1. The highest BCUT2D eigenvalue weighted by Gasteiger charge is 2.54. The van der Waals surface area contributed by atoms with Crippen LogP contribution in [0.15, 0.2) is 78.9 Å². The van der Waals surface area contributed by atoms with E-state index in [1.807, 2.05) is 60.7 Å². The number of esters is 1. The van der Waals surface area contributed by atoms with Gasteiger partial charge < -0.3 is 14.5 Å². The average molecular weight is 637 g/mol. The summed E-state index contributed by atoms with van der Waals surface area (Å²) in [5.41, 5.74) is 1.73. The second-order valence-electron chi connectivity index (χ2n) is 14.4. The molecule has 5 aliphatic rings. The van der Waals surface area contributed by atoms with Crippen LogP contribution in [0, 0.1) is 29.0 Å². The summed E-state index contributed by atoms with van der Waals surface area (Å²) in [5, 5.41) is 0. The molecule has 47 heavy (non-hydrogen) atoms. The highest BCUT2D eigenvalue weighted by Crippen LogP contribution is 2.62. The van der Waals surface area contributed by atoms with E-state index in [1.165, 1.54) is 48.1 Å². The third-order valence-electron chi connectivity index (χ3n) is 11.0. The zero-order valence-electron chi connectivity index (χ0n) is 26.8. The summed E-state index contributed by atoms with van der Waals surface area (Å²) >= 11 is 0. The molecule has 1 heterocycles. The van der Waals surface area contributed by atoms with E-state index in [0.717, 1.165) is 36.5 Å². The lowest BCUT2D eigenvalue weighted by Gasteiger charge is -2.58. The SMILES string of the molecule is CC(=O)N1[C@H](CC23CC4CC(CC(C4)C2)C3)C(=O)N(Cc2ccccc2)c2ccc(F)cc2C(=O)C[C@H]1C(=O)OCc1ccccc1. The van der Waals surface area contributed by atoms with Crippen molar-refractivity contribution in [3.8, 4) is 0 Å². The molecule has 4 saturated carbocycles. The van der Waals surface area contributed by atoms with Gasteiger partial charge in [-0.3, -0.25) is 14.4 Å². The van der Waals surface area contributed by atoms with Crippen molar-refractivity contribution in [3.63, 3.8) is 0 Å². The van der Waals surface area contributed by atoms with Crippen molar-refractivity contribution in [2.45, 2.75) is 83.5 Å². The molecule has 4 fully saturated rings. The molecule has 4 bridgehead atoms. The Morgan fingerprint density at radius 3 is 2.04 bits per heavy atom. The Labute approximate surface area is 275 Å². The molecule has 0 aromatic heterocycles. The number of benzene rings is 3. The molecule has 8 heteroatoms. The zero-order valence-corrected chi connectivity index (χ0v) is 26.8. The van der Waals surface area contributed by atoms with E-state index in [0.29, 0.717) is 24.2 Å². The summed E-state index contributed by atoms with van der Waals surface area (Å²) in [7, 11) is 0. The second-order valence-corrected chi connectivity index (χ2v) is 14.4. The van der Waals surface area contributed by atoms with E-state index in [9.17, 15) is 18.8 Å². The lowest BCUT2D eigenvalue weighted by atomic mass is 9.48. The van der Waals surface area contributed by atoms with Crippen molar-refractivity contribution in [1.82, 2.24) is 4.90 Å². The zero-order chi connectivity index (χ0) is 32.7. The van der Waals surface area contributed by atoms with Gasteiger partial charge in [0, 0.05) is 18.9 Å². The molecule has 1 aliphatic heterocycles. The fourth-order valence-corrected chi connectivity index (χ4v) is 9.51. The van der Waals surface area contributed by atoms with Crippen LogP contribution in [0.5, 0.6) is 0 Å². The minimum Gasteiger partial charge on any atom is -0.459 e. The Bertz CT molecular complexity index is 1640. The fourth-order valence-electron chi connectivity index (χ4n) is 9.51. The van der Waals surface area contributed by atoms with Gasteiger partial charge in [-0.1, -0.05) is 60.7 Å². The summed E-state index contributed by atoms with van der Waals surface area (Å²) in [6, 6.07) is 20.1. The topological polar surface area (TPSA) is 84.0 Å². The van der Waals surface area contributed by atoms with Gasteiger partial charge in [0.15, 0.2) is 5.78 Å². The number of hydrogen-bond donors (Lipinski definition) is 0. The Kier molecular flexibility index (Phi) is 8.45. The lowest BCUT2D eigenvalue weighted by molar-refractivity contribution is -0.161. The molecule has 0 saturated heterocycles. The predicted molar refractivity (Wildman–Crippen MR) is 175 cm³/mol. The van der Waals surface area contributed by atoms with Gasteiger partial charge in [-0.25, -0.2) is 9.18 Å². The van der Waals surface area contributed by atoms with Crippen LogP contribution in [0.1, 0.15) is 79.8 Å². The van der Waals surface area contributed by atoms with E-state index >= 15 is 4.79 Å². The van der Waals surface area contributed by atoms with Crippen LogP contribution < -0.4 is 4.90 Å². The molecule has 244 valence electrons. The van der Waals surface area contributed by atoms with E-state index < -0.39 is 42.0 Å². The maximum Gasteiger partial charge on any atom is 0.329 e. The Morgan fingerprint density at radius 1 is 0.851 bits per heavy atom. The first-order chi connectivity index (χ1) is 22.7. The molecule has 8 rings (SSSR count). The summed E-state index contributed by atoms with van der Waals surface area (Å²) in [5.74, 6) is -0.936. The molecule has 3 aromatic carbocycles. The number of amides is 2. The largest absolute Gasteiger partial charge is 0.459 e. The molecule has 4 aliphatic carbocycles. The summed E-state index contributed by atoms with van der Waals surface area (Å²) < 4.78 is 20.5. The Morgan fingerprint density at radius 2 is 1.45 bits per heavy atom. The van der Waals surface area contributed by atoms with Crippen molar-refractivity contribution in [2.75, 3.05) is 4.90 Å². The number of Topliss-reactive ketones (excluding diaryl/α,β-unsaturated/α-hetero) is 1. The molecule has 0 N–H and O–H groups in total. The number of rotatable bonds is 7. The summed E-state index contributed by atoms with van der Waals surface area (Å²) in [6.45, 7) is 1.43. The molecule has 0 radical (unpaired) electrons. The van der Waals surface area contributed by atoms with Crippen LogP contribution in [0.3, 0.4) is 0 Å². The molecule has 0 spiro atoms. The minimum absolute atomic E-state index is 0.00842. The smallest absolute Gasteiger partial charge is 0.329 e. The maximum atomic E-state index is 15.2. The fraction of sp³-hybridized carbons (Fsp3) is 0.436. The van der Waals surface area contributed by atoms with Crippen molar-refractivity contribution >= 4 is 29.3 Å². The van der Waals surface area contributed by atoms with Gasteiger partial charge in [-0.05, 0) is 97.4 Å². The van der Waals surface area contributed by atoms with Crippen molar-refractivity contribution in [1.29, 1.82) is 0 Å². The molecule has 0 unspecified atom stereocenters. The minimum atomic E-state index is -1.35. The third-order valence-corrected chi connectivity index (χ3v) is 11.0. The number of fused-ring (bicyclic) bond motifs is 1. The van der Waals surface area contributed by atoms with Crippen LogP contribution in [0.4, 0.5) is 10.1 Å². The van der Waals surface area contributed by atoms with E-state index in [1.54, 1.807) is 0 Å². The van der Waals surface area contributed by atoms with Gasteiger partial charge in [0.1, 0.15) is 24.5 Å². The van der Waals surface area contributed by atoms with E-state index in [2.05, 4.69) is 0 Å². The van der Waals surface area contributed by atoms with Crippen LogP contribution in [-0.4, -0.2) is 40.6 Å². The van der Waals surface area contributed by atoms with Crippen molar-refractivity contribution < 1.29 is 28.3 Å². The first kappa shape index (κ1) is 31.3. The monoisotopic (exact) mass is 636 g/mol. The molecule has 2 atom stereocenters. The van der Waals surface area contributed by atoms with Gasteiger partial charge in [0.2, 0.25) is 11.8 Å². The number of halogens is 1. The Hall–Kier alpha value is -4.33. The van der Waals surface area contributed by atoms with Crippen LogP contribution in [0.25, 0.3) is 0 Å². The van der Waals surface area contributed by atoms with Crippen LogP contribution >= 0.6 is 0 Å². The molecule has 2 amide bonds. The lowest BCUT2D eigenvalue weighted by Crippen LogP contribution is -2.59. The van der Waals surface area contributed by atoms with Crippen LogP contribution in [0.2, 0.25) is 0 Å². The quantitative estimate of drug-likeness (QED) is 0.264. The highest BCUT2D eigenvalue weighted by molar-refractivity contribution is 6.10. The van der Waals surface area contributed by atoms with Gasteiger partial charge in [0.05, 0.1) is 12.2 Å². The van der Waals surface area contributed by atoms with Gasteiger partial charge in [-0.2, -0.15) is 0 Å². The predicted octanol–water partition coefficient (Wildman–Crippen LogP) is 6.88. The number of hydrogen-bond acceptors (Lipinski definition) is 5. The third kappa shape index (κ3) is 6.34. The van der Waals surface area contributed by atoms with Gasteiger partial charge in [0.25, 0.3) is 0 Å². The van der Waals surface area contributed by atoms with E-state index in [4.69, 9.17) is 4.74 Å². The first-order valence-electron chi connectivity index (χ1n) is 16.9. The van der Waals surface area contributed by atoms with Crippen molar-refractivity contribution in [2.24, 2.45) is 23.2 Å². The number of carbonyl (C=O) groups is 4. The summed E-state index contributed by atoms with van der Waals surface area (Å²) in [6.07, 6.45) is 6.63. The second kappa shape index (κ2) is 12.7. The molecular formula is C39H41FN2O5. The number of ketones is 1. The average Bonchev–Trinajstić information content (AvgIpc) is 3.07. The van der Waals surface area contributed by atoms with Gasteiger partial charge >= 0.3 is 5.97 Å². The maximum absolute atomic E-state index is 15.2. The number of anilines is 1. The highest BCUT2D eigenvalue weighted by atomic mass is 19.1. The number of carbonyl (C=O) groups excluding carboxylic acids is 4. The first-order valence-corrected chi connectivity index (χ1v) is 16.9. The van der Waals surface area contributed by atoms with Gasteiger partial charge in [-0.15, -0.1) is 0 Å². The normalized spacial score (nSPS) is 28.3. The van der Waals surface area contributed by atoms with E-state index in [-0.39, 0.29) is 35.7 Å². The molecule has 3 aromatic rings. The summed E-state index contributed by atoms with van der Waals surface area (Å²) in [4.78, 5) is 59.9. The Balaban J connectivity index is 1.33. The molecule has 7 nitrogen and oxygen atoms in total. The number of nitrogens with zero attached hydrogens (tertiary/aromatic N) is 2.